The molecule has 0 saturated heterocycles. The zero-order chi connectivity index (χ0) is 14.7. The smallest absolute Gasteiger partial charge is 0.358 e. The summed E-state index contributed by atoms with van der Waals surface area (Å²) in [6.07, 6.45) is 1.20. The summed E-state index contributed by atoms with van der Waals surface area (Å²) in [6, 6.07) is 5.94. The second kappa shape index (κ2) is 5.70. The van der Waals surface area contributed by atoms with Crippen molar-refractivity contribution < 1.29 is 14.7 Å². The van der Waals surface area contributed by atoms with Crippen LogP contribution < -0.4 is 5.32 Å². The Morgan fingerprint density at radius 1 is 1.35 bits per heavy atom. The number of nitrogens with zero attached hydrogens (tertiary/aromatic N) is 3. The summed E-state index contributed by atoms with van der Waals surface area (Å²) in [7, 11) is 0. The number of benzene rings is 1. The van der Waals surface area contributed by atoms with Crippen LogP contribution in [0, 0.1) is 0 Å². The standard InChI is InChI=1S/C12H11ClN4O3/c1-7(17-6-10(12(19)20)15-16-17)11(18)14-9-4-2-8(13)3-5-9/h2-7H,1H3,(H,14,18)(H,19,20). The van der Waals surface area contributed by atoms with Crippen LogP contribution in [0.2, 0.25) is 5.02 Å². The topological polar surface area (TPSA) is 97.1 Å². The third-order valence-corrected chi connectivity index (χ3v) is 2.87. The van der Waals surface area contributed by atoms with E-state index in [2.05, 4.69) is 15.6 Å². The number of hydrogen-bond donors (Lipinski definition) is 2. The molecule has 0 aliphatic heterocycles. The Balaban J connectivity index is 2.07. The molecule has 2 N–H and O–H groups in total. The number of nitrogens with one attached hydrogen (secondary N) is 1. The molecule has 20 heavy (non-hydrogen) atoms. The molecule has 0 radical (unpaired) electrons. The van der Waals surface area contributed by atoms with Crippen LogP contribution in [0.3, 0.4) is 0 Å². The van der Waals surface area contributed by atoms with Gasteiger partial charge in [0.05, 0.1) is 6.20 Å². The van der Waals surface area contributed by atoms with Crippen LogP contribution in [-0.4, -0.2) is 32.0 Å². The molecular weight excluding hydrogens is 284 g/mol. The van der Waals surface area contributed by atoms with Gasteiger partial charge in [0, 0.05) is 10.7 Å². The van der Waals surface area contributed by atoms with Crippen LogP contribution in [0.15, 0.2) is 30.5 Å². The van der Waals surface area contributed by atoms with Crippen molar-refractivity contribution in [1.82, 2.24) is 15.0 Å². The van der Waals surface area contributed by atoms with Crippen LogP contribution in [-0.2, 0) is 4.79 Å². The number of halogens is 1. The fourth-order valence-electron chi connectivity index (χ4n) is 1.46. The minimum Gasteiger partial charge on any atom is -0.476 e. The Kier molecular flexibility index (Phi) is 3.99. The van der Waals surface area contributed by atoms with E-state index in [1.807, 2.05) is 0 Å². The molecule has 0 saturated carbocycles. The summed E-state index contributed by atoms with van der Waals surface area (Å²) in [5.74, 6) is -1.53. The van der Waals surface area contributed by atoms with Gasteiger partial charge in [0.15, 0.2) is 5.69 Å². The van der Waals surface area contributed by atoms with E-state index in [1.54, 1.807) is 31.2 Å². The largest absolute Gasteiger partial charge is 0.476 e. The first-order chi connectivity index (χ1) is 9.47. The fraction of sp³-hybridized carbons (Fsp3) is 0.167. The molecule has 1 heterocycles. The van der Waals surface area contributed by atoms with E-state index < -0.39 is 12.0 Å². The molecule has 0 aliphatic carbocycles. The highest BCUT2D eigenvalue weighted by atomic mass is 35.5. The van der Waals surface area contributed by atoms with Gasteiger partial charge in [-0.15, -0.1) is 5.10 Å². The first-order valence-corrected chi connectivity index (χ1v) is 6.06. The molecule has 8 heteroatoms. The van der Waals surface area contributed by atoms with E-state index in [-0.39, 0.29) is 11.6 Å². The number of aromatic nitrogens is 3. The van der Waals surface area contributed by atoms with Crippen molar-refractivity contribution in [2.75, 3.05) is 5.32 Å². The van der Waals surface area contributed by atoms with Crippen LogP contribution in [0.4, 0.5) is 5.69 Å². The zero-order valence-corrected chi connectivity index (χ0v) is 11.2. The van der Waals surface area contributed by atoms with Crippen molar-refractivity contribution in [2.24, 2.45) is 0 Å². The molecular formula is C12H11ClN4O3. The summed E-state index contributed by atoms with van der Waals surface area (Å²) in [4.78, 5) is 22.7. The molecule has 1 aromatic carbocycles. The van der Waals surface area contributed by atoms with E-state index in [9.17, 15) is 9.59 Å². The van der Waals surface area contributed by atoms with Crippen molar-refractivity contribution in [2.45, 2.75) is 13.0 Å². The number of carbonyl (C=O) groups excluding carboxylic acids is 1. The van der Waals surface area contributed by atoms with Gasteiger partial charge in [-0.1, -0.05) is 16.8 Å². The fourth-order valence-corrected chi connectivity index (χ4v) is 1.59. The molecule has 0 spiro atoms. The number of anilines is 1. The molecule has 1 unspecified atom stereocenters. The van der Waals surface area contributed by atoms with E-state index >= 15 is 0 Å². The molecule has 1 aromatic heterocycles. The number of rotatable bonds is 4. The first kappa shape index (κ1) is 14.0. The highest BCUT2D eigenvalue weighted by molar-refractivity contribution is 6.30. The van der Waals surface area contributed by atoms with Gasteiger partial charge < -0.3 is 10.4 Å². The van der Waals surface area contributed by atoms with Crippen molar-refractivity contribution >= 4 is 29.2 Å². The summed E-state index contributed by atoms with van der Waals surface area (Å²) in [5, 5.41) is 19.1. The Hall–Kier alpha value is -2.41. The first-order valence-electron chi connectivity index (χ1n) is 5.69. The summed E-state index contributed by atoms with van der Waals surface area (Å²) >= 11 is 5.75. The van der Waals surface area contributed by atoms with Crippen molar-refractivity contribution in [3.63, 3.8) is 0 Å². The molecule has 0 aliphatic rings. The second-order valence-electron chi connectivity index (χ2n) is 4.06. The number of carboxylic acids is 1. The molecule has 1 atom stereocenters. The van der Waals surface area contributed by atoms with E-state index in [0.29, 0.717) is 10.7 Å². The molecule has 1 amide bonds. The zero-order valence-electron chi connectivity index (χ0n) is 10.4. The monoisotopic (exact) mass is 294 g/mol. The minimum absolute atomic E-state index is 0.212. The lowest BCUT2D eigenvalue weighted by Crippen LogP contribution is -2.24. The average Bonchev–Trinajstić information content (AvgIpc) is 2.90. The number of carboxylic acid groups (broad SMARTS) is 1. The highest BCUT2D eigenvalue weighted by Crippen LogP contribution is 2.15. The molecule has 0 bridgehead atoms. The predicted molar refractivity (Wildman–Crippen MR) is 71.8 cm³/mol. The molecule has 2 aromatic rings. The maximum Gasteiger partial charge on any atom is 0.358 e. The van der Waals surface area contributed by atoms with Crippen LogP contribution in [0.5, 0.6) is 0 Å². The van der Waals surface area contributed by atoms with Gasteiger partial charge in [-0.25, -0.2) is 9.48 Å². The second-order valence-corrected chi connectivity index (χ2v) is 4.50. The number of carbonyl (C=O) groups is 2. The maximum atomic E-state index is 12.0. The van der Waals surface area contributed by atoms with Crippen LogP contribution in [0.1, 0.15) is 23.5 Å². The van der Waals surface area contributed by atoms with Gasteiger partial charge in [-0.05, 0) is 31.2 Å². The van der Waals surface area contributed by atoms with Gasteiger partial charge >= 0.3 is 5.97 Å². The van der Waals surface area contributed by atoms with Crippen molar-refractivity contribution in [3.8, 4) is 0 Å². The van der Waals surface area contributed by atoms with Crippen molar-refractivity contribution in [1.29, 1.82) is 0 Å². The van der Waals surface area contributed by atoms with Gasteiger partial charge in [0.25, 0.3) is 0 Å². The van der Waals surface area contributed by atoms with Gasteiger partial charge in [-0.2, -0.15) is 0 Å². The van der Waals surface area contributed by atoms with E-state index in [4.69, 9.17) is 16.7 Å². The molecule has 104 valence electrons. The summed E-state index contributed by atoms with van der Waals surface area (Å²) in [6.45, 7) is 1.59. The number of hydrogen-bond acceptors (Lipinski definition) is 4. The van der Waals surface area contributed by atoms with Crippen LogP contribution in [0.25, 0.3) is 0 Å². The third-order valence-electron chi connectivity index (χ3n) is 2.62. The maximum absolute atomic E-state index is 12.0. The quantitative estimate of drug-likeness (QED) is 0.896. The summed E-state index contributed by atoms with van der Waals surface area (Å²) < 4.78 is 1.19. The van der Waals surface area contributed by atoms with E-state index in [0.717, 1.165) is 0 Å². The van der Waals surface area contributed by atoms with E-state index in [1.165, 1.54) is 10.9 Å². The third kappa shape index (κ3) is 3.12. The van der Waals surface area contributed by atoms with Gasteiger partial charge in [-0.3, -0.25) is 4.79 Å². The Morgan fingerprint density at radius 3 is 2.55 bits per heavy atom. The molecule has 2 rings (SSSR count). The van der Waals surface area contributed by atoms with Crippen LogP contribution >= 0.6 is 11.6 Å². The summed E-state index contributed by atoms with van der Waals surface area (Å²) in [5.41, 5.74) is 0.376. The Labute approximate surface area is 119 Å². The van der Waals surface area contributed by atoms with Gasteiger partial charge in [0.2, 0.25) is 5.91 Å². The molecule has 7 nitrogen and oxygen atoms in total. The normalized spacial score (nSPS) is 11.9. The lowest BCUT2D eigenvalue weighted by molar-refractivity contribution is -0.119. The lowest BCUT2D eigenvalue weighted by Gasteiger charge is -2.11. The minimum atomic E-state index is -1.19. The van der Waals surface area contributed by atoms with Gasteiger partial charge in [0.1, 0.15) is 6.04 Å². The predicted octanol–water partition coefficient (Wildman–Crippen LogP) is 1.83. The SMILES string of the molecule is CC(C(=O)Nc1ccc(Cl)cc1)n1cc(C(=O)O)nn1. The Bertz CT molecular complexity index is 638. The average molecular weight is 295 g/mol. The number of aromatic carboxylic acids is 1. The lowest BCUT2D eigenvalue weighted by atomic mass is 10.2. The Morgan fingerprint density at radius 2 is 2.00 bits per heavy atom. The number of amides is 1. The van der Waals surface area contributed by atoms with Crippen molar-refractivity contribution in [3.05, 3.63) is 41.2 Å². The highest BCUT2D eigenvalue weighted by Gasteiger charge is 2.18. The molecule has 0 fully saturated rings.